The van der Waals surface area contributed by atoms with E-state index in [0.717, 1.165) is 31.2 Å². The molecule has 0 spiro atoms. The lowest BCUT2D eigenvalue weighted by Gasteiger charge is -2.26. The van der Waals surface area contributed by atoms with Crippen LogP contribution in [-0.4, -0.2) is 23.7 Å². The van der Waals surface area contributed by atoms with Gasteiger partial charge in [0.25, 0.3) is 0 Å². The third-order valence-corrected chi connectivity index (χ3v) is 5.26. The first-order valence-electron chi connectivity index (χ1n) is 7.72. The van der Waals surface area contributed by atoms with Crippen LogP contribution >= 0.6 is 0 Å². The average Bonchev–Trinajstić information content (AvgIpc) is 3.10. The number of carboxylic acids is 1. The molecule has 0 atom stereocenters. The number of carbonyl (C=O) groups excluding carboxylic acids is 1. The van der Waals surface area contributed by atoms with Gasteiger partial charge >= 0.3 is 12.1 Å². The van der Waals surface area contributed by atoms with Gasteiger partial charge in [0.15, 0.2) is 0 Å². The molecule has 1 aromatic carbocycles. The summed E-state index contributed by atoms with van der Waals surface area (Å²) in [7, 11) is 0. The highest BCUT2D eigenvalue weighted by Crippen LogP contribution is 2.61. The smallest absolute Gasteiger partial charge is 0.407 e. The van der Waals surface area contributed by atoms with E-state index in [0.29, 0.717) is 13.0 Å². The lowest BCUT2D eigenvalue weighted by Crippen LogP contribution is -2.35. The van der Waals surface area contributed by atoms with Gasteiger partial charge in [-0.2, -0.15) is 0 Å². The number of hydrogen-bond donors (Lipinski definition) is 2. The minimum atomic E-state index is -0.682. The highest BCUT2D eigenvalue weighted by molar-refractivity contribution is 5.76. The van der Waals surface area contributed by atoms with Crippen molar-refractivity contribution >= 4 is 12.1 Å². The molecule has 5 heteroatoms. The highest BCUT2D eigenvalue weighted by Gasteiger charge is 2.58. The van der Waals surface area contributed by atoms with E-state index in [2.05, 4.69) is 5.32 Å². The Hall–Kier alpha value is -2.04. The maximum atomic E-state index is 11.8. The second-order valence-corrected chi connectivity index (χ2v) is 6.68. The monoisotopic (exact) mass is 303 g/mol. The van der Waals surface area contributed by atoms with Crippen molar-refractivity contribution in [2.45, 2.75) is 38.7 Å². The second-order valence-electron chi connectivity index (χ2n) is 6.68. The molecule has 0 saturated heterocycles. The number of rotatable bonds is 5. The molecule has 0 unspecified atom stereocenters. The van der Waals surface area contributed by atoms with E-state index in [-0.39, 0.29) is 12.0 Å². The fourth-order valence-electron chi connectivity index (χ4n) is 3.89. The molecule has 118 valence electrons. The summed E-state index contributed by atoms with van der Waals surface area (Å²) in [6.07, 6.45) is 3.44. The lowest BCUT2D eigenvalue weighted by molar-refractivity contribution is -0.148. The van der Waals surface area contributed by atoms with Crippen LogP contribution in [-0.2, 0) is 16.1 Å². The molecule has 2 aliphatic rings. The van der Waals surface area contributed by atoms with Gasteiger partial charge in [-0.3, -0.25) is 4.79 Å². The van der Waals surface area contributed by atoms with Gasteiger partial charge in [0.1, 0.15) is 6.61 Å². The van der Waals surface area contributed by atoms with Crippen LogP contribution in [0.5, 0.6) is 0 Å². The summed E-state index contributed by atoms with van der Waals surface area (Å²) < 4.78 is 5.20. The van der Waals surface area contributed by atoms with Crippen molar-refractivity contribution in [1.82, 2.24) is 5.32 Å². The molecule has 1 aromatic rings. The number of hydrogen-bond acceptors (Lipinski definition) is 3. The number of carboxylic acid groups (broad SMARTS) is 1. The van der Waals surface area contributed by atoms with Crippen LogP contribution in [0, 0.1) is 10.8 Å². The van der Waals surface area contributed by atoms with Gasteiger partial charge in [0.2, 0.25) is 0 Å². The van der Waals surface area contributed by atoms with Crippen molar-refractivity contribution < 1.29 is 19.4 Å². The summed E-state index contributed by atoms with van der Waals surface area (Å²) in [4.78, 5) is 23.2. The van der Waals surface area contributed by atoms with Gasteiger partial charge in [-0.25, -0.2) is 4.79 Å². The summed E-state index contributed by atoms with van der Waals surface area (Å²) in [5, 5.41) is 12.2. The Kier molecular flexibility index (Phi) is 3.81. The number of alkyl carbamates (subject to hydrolysis) is 1. The van der Waals surface area contributed by atoms with Crippen molar-refractivity contribution in [3.8, 4) is 0 Å². The van der Waals surface area contributed by atoms with Gasteiger partial charge in [-0.1, -0.05) is 30.3 Å². The SMILES string of the molecule is O=C(NCC12CCC(C(=O)O)(CC1)C2)OCc1ccccc1. The number of nitrogens with one attached hydrogen (secondary N) is 1. The molecular formula is C17H21NO4. The average molecular weight is 303 g/mol. The Balaban J connectivity index is 1.47. The van der Waals surface area contributed by atoms with E-state index in [1.165, 1.54) is 0 Å². The normalized spacial score (nSPS) is 29.3. The lowest BCUT2D eigenvalue weighted by atomic mass is 9.82. The first-order valence-corrected chi connectivity index (χ1v) is 7.72. The third-order valence-electron chi connectivity index (χ3n) is 5.26. The van der Waals surface area contributed by atoms with Gasteiger partial charge in [-0.15, -0.1) is 0 Å². The van der Waals surface area contributed by atoms with E-state index in [9.17, 15) is 14.7 Å². The number of carbonyl (C=O) groups is 2. The second kappa shape index (κ2) is 5.63. The molecule has 0 heterocycles. The molecule has 5 nitrogen and oxygen atoms in total. The van der Waals surface area contributed by atoms with Crippen LogP contribution < -0.4 is 5.32 Å². The molecule has 2 saturated carbocycles. The molecule has 1 amide bonds. The van der Waals surface area contributed by atoms with Gasteiger partial charge in [-0.05, 0) is 43.1 Å². The van der Waals surface area contributed by atoms with Crippen molar-refractivity contribution in [3.05, 3.63) is 35.9 Å². The van der Waals surface area contributed by atoms with Crippen LogP contribution in [0.1, 0.15) is 37.7 Å². The van der Waals surface area contributed by atoms with E-state index in [4.69, 9.17) is 4.74 Å². The molecule has 2 fully saturated rings. The molecule has 0 aromatic heterocycles. The maximum absolute atomic E-state index is 11.8. The number of fused-ring (bicyclic) bond motifs is 2. The van der Waals surface area contributed by atoms with Crippen molar-refractivity contribution in [3.63, 3.8) is 0 Å². The zero-order chi connectivity index (χ0) is 15.6. The molecular weight excluding hydrogens is 282 g/mol. The molecule has 2 bridgehead atoms. The summed E-state index contributed by atoms with van der Waals surface area (Å²) in [5.74, 6) is -0.682. The number of benzene rings is 1. The van der Waals surface area contributed by atoms with E-state index in [1.807, 2.05) is 30.3 Å². The third kappa shape index (κ3) is 2.80. The van der Waals surface area contributed by atoms with Crippen LogP contribution in [0.4, 0.5) is 4.79 Å². The van der Waals surface area contributed by atoms with Crippen LogP contribution in [0.2, 0.25) is 0 Å². The number of ether oxygens (including phenoxy) is 1. The van der Waals surface area contributed by atoms with Crippen LogP contribution in [0.15, 0.2) is 30.3 Å². The number of amides is 1. The molecule has 3 rings (SSSR count). The Morgan fingerprint density at radius 1 is 1.14 bits per heavy atom. The summed E-state index contributed by atoms with van der Waals surface area (Å²) in [6.45, 7) is 0.758. The van der Waals surface area contributed by atoms with Gasteiger partial charge < -0.3 is 15.2 Å². The molecule has 0 radical (unpaired) electrons. The Bertz CT molecular complexity index is 561. The van der Waals surface area contributed by atoms with Gasteiger partial charge in [0.05, 0.1) is 5.41 Å². The first-order chi connectivity index (χ1) is 10.5. The zero-order valence-electron chi connectivity index (χ0n) is 12.5. The van der Waals surface area contributed by atoms with Crippen molar-refractivity contribution in [2.75, 3.05) is 6.54 Å². The van der Waals surface area contributed by atoms with Crippen LogP contribution in [0.3, 0.4) is 0 Å². The minimum Gasteiger partial charge on any atom is -0.481 e. The molecule has 2 N–H and O–H groups in total. The van der Waals surface area contributed by atoms with Crippen molar-refractivity contribution in [2.24, 2.45) is 10.8 Å². The largest absolute Gasteiger partial charge is 0.481 e. The molecule has 22 heavy (non-hydrogen) atoms. The Morgan fingerprint density at radius 2 is 1.82 bits per heavy atom. The molecule has 0 aliphatic heterocycles. The predicted octanol–water partition coefficient (Wildman–Crippen LogP) is 2.95. The maximum Gasteiger partial charge on any atom is 0.407 e. The van der Waals surface area contributed by atoms with Crippen molar-refractivity contribution in [1.29, 1.82) is 0 Å². The van der Waals surface area contributed by atoms with Crippen LogP contribution in [0.25, 0.3) is 0 Å². The van der Waals surface area contributed by atoms with E-state index < -0.39 is 17.5 Å². The summed E-state index contributed by atoms with van der Waals surface area (Å²) >= 11 is 0. The highest BCUT2D eigenvalue weighted by atomic mass is 16.5. The van der Waals surface area contributed by atoms with E-state index >= 15 is 0 Å². The Morgan fingerprint density at radius 3 is 2.41 bits per heavy atom. The van der Waals surface area contributed by atoms with Gasteiger partial charge in [0, 0.05) is 6.54 Å². The standard InChI is InChI=1S/C17H21NO4/c19-14(20)17-8-6-16(11-17,7-9-17)12-18-15(21)22-10-13-4-2-1-3-5-13/h1-5H,6-12H2,(H,18,21)(H,19,20). The Labute approximate surface area is 129 Å². The first kappa shape index (κ1) is 14.9. The fraction of sp³-hybridized carbons (Fsp3) is 0.529. The summed E-state index contributed by atoms with van der Waals surface area (Å²) in [5.41, 5.74) is 0.349. The zero-order valence-corrected chi connectivity index (χ0v) is 12.5. The quantitative estimate of drug-likeness (QED) is 0.877. The predicted molar refractivity (Wildman–Crippen MR) is 80.2 cm³/mol. The topological polar surface area (TPSA) is 75.6 Å². The van der Waals surface area contributed by atoms with E-state index in [1.54, 1.807) is 0 Å². The molecule has 2 aliphatic carbocycles. The summed E-state index contributed by atoms with van der Waals surface area (Å²) in [6, 6.07) is 9.52. The number of aliphatic carboxylic acids is 1. The minimum absolute atomic E-state index is 0.0514. The fourth-order valence-corrected chi connectivity index (χ4v) is 3.89.